The molecule has 1 aromatic carbocycles. The van der Waals surface area contributed by atoms with Crippen molar-refractivity contribution in [1.29, 1.82) is 0 Å². The van der Waals surface area contributed by atoms with E-state index in [4.69, 9.17) is 4.74 Å². The van der Waals surface area contributed by atoms with Crippen LogP contribution in [0.5, 0.6) is 5.75 Å². The van der Waals surface area contributed by atoms with Gasteiger partial charge in [0.2, 0.25) is 0 Å². The second kappa shape index (κ2) is 6.34. The van der Waals surface area contributed by atoms with E-state index in [1.54, 1.807) is 0 Å². The molecule has 19 heavy (non-hydrogen) atoms. The van der Waals surface area contributed by atoms with Gasteiger partial charge in [-0.2, -0.15) is 0 Å². The van der Waals surface area contributed by atoms with E-state index >= 15 is 0 Å². The molecular formula is C13H13Br2N3O. The molecule has 0 aliphatic rings. The highest BCUT2D eigenvalue weighted by molar-refractivity contribution is 9.11. The zero-order valence-electron chi connectivity index (χ0n) is 10.6. The fraction of sp³-hybridized carbons (Fsp3) is 0.231. The van der Waals surface area contributed by atoms with Crippen LogP contribution in [-0.4, -0.2) is 17.0 Å². The summed E-state index contributed by atoms with van der Waals surface area (Å²) in [6.45, 7) is 2.26. The van der Waals surface area contributed by atoms with Crippen LogP contribution < -0.4 is 10.1 Å². The van der Waals surface area contributed by atoms with E-state index in [1.165, 1.54) is 0 Å². The van der Waals surface area contributed by atoms with Crippen LogP contribution in [0.3, 0.4) is 0 Å². The van der Waals surface area contributed by atoms with Crippen molar-refractivity contribution in [1.82, 2.24) is 9.97 Å². The van der Waals surface area contributed by atoms with E-state index in [2.05, 4.69) is 47.1 Å². The standard InChI is InChI=1S/C13H13Br2N3O/c1-8-5-12(16-2)18-13(17-8)7-19-11-4-3-9(14)6-10(11)15/h3-6H,7H2,1-2H3,(H,16,17,18). The van der Waals surface area contributed by atoms with Crippen molar-refractivity contribution < 1.29 is 4.74 Å². The summed E-state index contributed by atoms with van der Waals surface area (Å²) in [5.41, 5.74) is 0.910. The molecule has 0 amide bonds. The summed E-state index contributed by atoms with van der Waals surface area (Å²) in [7, 11) is 1.83. The molecule has 0 aliphatic heterocycles. The van der Waals surface area contributed by atoms with Gasteiger partial charge in [0.05, 0.1) is 4.47 Å². The van der Waals surface area contributed by atoms with Crippen LogP contribution in [0.1, 0.15) is 11.5 Å². The number of hydrogen-bond donors (Lipinski definition) is 1. The Morgan fingerprint density at radius 3 is 2.68 bits per heavy atom. The number of nitrogens with zero attached hydrogens (tertiary/aromatic N) is 2. The fourth-order valence-corrected chi connectivity index (χ4v) is 2.72. The molecule has 2 rings (SSSR count). The summed E-state index contributed by atoms with van der Waals surface area (Å²) in [5, 5.41) is 3.00. The fourth-order valence-electron chi connectivity index (χ4n) is 1.56. The Morgan fingerprint density at radius 1 is 1.21 bits per heavy atom. The molecule has 0 atom stereocenters. The zero-order valence-corrected chi connectivity index (χ0v) is 13.7. The van der Waals surface area contributed by atoms with Crippen LogP contribution >= 0.6 is 31.9 Å². The normalized spacial score (nSPS) is 10.3. The molecule has 2 aromatic rings. The van der Waals surface area contributed by atoms with Gasteiger partial charge in [-0.1, -0.05) is 15.9 Å². The summed E-state index contributed by atoms with van der Waals surface area (Å²) in [6, 6.07) is 7.64. The highest BCUT2D eigenvalue weighted by Gasteiger charge is 2.05. The number of rotatable bonds is 4. The molecule has 0 aliphatic carbocycles. The lowest BCUT2D eigenvalue weighted by molar-refractivity contribution is 0.294. The molecule has 0 spiro atoms. The average molecular weight is 387 g/mol. The SMILES string of the molecule is CNc1cc(C)nc(COc2ccc(Br)cc2Br)n1. The van der Waals surface area contributed by atoms with Gasteiger partial charge in [-0.05, 0) is 41.1 Å². The Kier molecular flexibility index (Phi) is 4.76. The molecule has 1 heterocycles. The number of halogens is 2. The second-order valence-corrected chi connectivity index (χ2v) is 5.69. The van der Waals surface area contributed by atoms with Crippen LogP contribution in [0.2, 0.25) is 0 Å². The molecule has 1 N–H and O–H groups in total. The minimum Gasteiger partial charge on any atom is -0.484 e. The van der Waals surface area contributed by atoms with E-state index in [0.717, 1.165) is 26.2 Å². The molecule has 1 aromatic heterocycles. The first-order chi connectivity index (χ1) is 9.08. The van der Waals surface area contributed by atoms with Gasteiger partial charge in [-0.15, -0.1) is 0 Å². The van der Waals surface area contributed by atoms with E-state index < -0.39 is 0 Å². The maximum Gasteiger partial charge on any atom is 0.168 e. The van der Waals surface area contributed by atoms with Crippen LogP contribution in [0, 0.1) is 6.92 Å². The largest absolute Gasteiger partial charge is 0.484 e. The predicted octanol–water partition coefficient (Wildman–Crippen LogP) is 3.93. The average Bonchev–Trinajstić information content (AvgIpc) is 2.37. The van der Waals surface area contributed by atoms with Crippen LogP contribution in [-0.2, 0) is 6.61 Å². The topological polar surface area (TPSA) is 47.0 Å². The maximum absolute atomic E-state index is 5.71. The van der Waals surface area contributed by atoms with Gasteiger partial charge >= 0.3 is 0 Å². The Morgan fingerprint density at radius 2 is 2.00 bits per heavy atom. The van der Waals surface area contributed by atoms with Gasteiger partial charge in [0.1, 0.15) is 18.2 Å². The van der Waals surface area contributed by atoms with Crippen molar-refractivity contribution in [2.75, 3.05) is 12.4 Å². The highest BCUT2D eigenvalue weighted by atomic mass is 79.9. The van der Waals surface area contributed by atoms with Crippen LogP contribution in [0.4, 0.5) is 5.82 Å². The quantitative estimate of drug-likeness (QED) is 0.864. The van der Waals surface area contributed by atoms with Crippen molar-refractivity contribution in [2.45, 2.75) is 13.5 Å². The Hall–Kier alpha value is -1.14. The van der Waals surface area contributed by atoms with Gasteiger partial charge in [0.25, 0.3) is 0 Å². The van der Waals surface area contributed by atoms with E-state index in [-0.39, 0.29) is 0 Å². The van der Waals surface area contributed by atoms with Gasteiger partial charge in [-0.3, -0.25) is 0 Å². The second-order valence-electron chi connectivity index (χ2n) is 3.92. The molecule has 0 unspecified atom stereocenters. The molecule has 0 saturated carbocycles. The summed E-state index contributed by atoms with van der Waals surface area (Å²) < 4.78 is 7.60. The van der Waals surface area contributed by atoms with Gasteiger partial charge in [-0.25, -0.2) is 9.97 Å². The molecule has 0 bridgehead atoms. The Labute approximate surface area is 128 Å². The molecular weight excluding hydrogens is 374 g/mol. The number of anilines is 1. The van der Waals surface area contributed by atoms with Crippen molar-refractivity contribution in [2.24, 2.45) is 0 Å². The lowest BCUT2D eigenvalue weighted by Gasteiger charge is -2.09. The molecule has 0 radical (unpaired) electrons. The number of benzene rings is 1. The van der Waals surface area contributed by atoms with Gasteiger partial charge in [0, 0.05) is 23.3 Å². The van der Waals surface area contributed by atoms with Crippen molar-refractivity contribution in [3.63, 3.8) is 0 Å². The summed E-state index contributed by atoms with van der Waals surface area (Å²) in [4.78, 5) is 8.69. The highest BCUT2D eigenvalue weighted by Crippen LogP contribution is 2.28. The summed E-state index contributed by atoms with van der Waals surface area (Å²) in [6.07, 6.45) is 0. The minimum atomic E-state index is 0.330. The third-order valence-electron chi connectivity index (χ3n) is 2.41. The molecule has 4 nitrogen and oxygen atoms in total. The van der Waals surface area contributed by atoms with Crippen LogP contribution in [0.25, 0.3) is 0 Å². The first kappa shape index (κ1) is 14.3. The predicted molar refractivity (Wildman–Crippen MR) is 82.5 cm³/mol. The maximum atomic E-state index is 5.71. The monoisotopic (exact) mass is 385 g/mol. The molecule has 0 saturated heterocycles. The minimum absolute atomic E-state index is 0.330. The molecule has 6 heteroatoms. The zero-order chi connectivity index (χ0) is 13.8. The van der Waals surface area contributed by atoms with E-state index in [9.17, 15) is 0 Å². The lowest BCUT2D eigenvalue weighted by Crippen LogP contribution is -2.05. The van der Waals surface area contributed by atoms with Gasteiger partial charge in [0.15, 0.2) is 5.82 Å². The Balaban J connectivity index is 2.12. The third-order valence-corrected chi connectivity index (χ3v) is 3.52. The molecule has 100 valence electrons. The van der Waals surface area contributed by atoms with E-state index in [1.807, 2.05) is 38.2 Å². The summed E-state index contributed by atoms with van der Waals surface area (Å²) in [5.74, 6) is 2.21. The van der Waals surface area contributed by atoms with Gasteiger partial charge < -0.3 is 10.1 Å². The third kappa shape index (κ3) is 3.91. The van der Waals surface area contributed by atoms with E-state index in [0.29, 0.717) is 12.4 Å². The van der Waals surface area contributed by atoms with Crippen molar-refractivity contribution in [3.8, 4) is 5.75 Å². The molecule has 0 fully saturated rings. The number of aryl methyl sites for hydroxylation is 1. The number of hydrogen-bond acceptors (Lipinski definition) is 4. The first-order valence-corrected chi connectivity index (χ1v) is 7.27. The Bertz CT molecular complexity index is 590. The first-order valence-electron chi connectivity index (χ1n) is 5.68. The number of ether oxygens (including phenoxy) is 1. The number of aromatic nitrogens is 2. The lowest BCUT2D eigenvalue weighted by atomic mass is 10.3. The van der Waals surface area contributed by atoms with Crippen molar-refractivity contribution in [3.05, 3.63) is 44.7 Å². The van der Waals surface area contributed by atoms with Crippen LogP contribution in [0.15, 0.2) is 33.2 Å². The number of nitrogens with one attached hydrogen (secondary N) is 1. The van der Waals surface area contributed by atoms with Crippen molar-refractivity contribution >= 4 is 37.7 Å². The summed E-state index contributed by atoms with van der Waals surface area (Å²) >= 11 is 6.86. The smallest absolute Gasteiger partial charge is 0.168 e.